The van der Waals surface area contributed by atoms with Gasteiger partial charge in [-0.05, 0) is 75.3 Å². The zero-order chi connectivity index (χ0) is 15.1. The molecule has 2 heterocycles. The van der Waals surface area contributed by atoms with E-state index in [9.17, 15) is 0 Å². The molecule has 0 unspecified atom stereocenters. The lowest BCUT2D eigenvalue weighted by molar-refractivity contribution is 0.0655. The van der Waals surface area contributed by atoms with E-state index in [0.717, 1.165) is 35.9 Å². The first-order valence-corrected chi connectivity index (χ1v) is 8.96. The molecule has 1 saturated carbocycles. The van der Waals surface area contributed by atoms with Crippen LogP contribution in [0.1, 0.15) is 50.5 Å². The normalized spacial score (nSPS) is 31.4. The summed E-state index contributed by atoms with van der Waals surface area (Å²) in [6.45, 7) is 0. The van der Waals surface area contributed by atoms with Crippen molar-refractivity contribution in [2.45, 2.75) is 69.6 Å². The Morgan fingerprint density at radius 3 is 2.55 bits per heavy atom. The first-order chi connectivity index (χ1) is 10.7. The molecule has 0 spiro atoms. The van der Waals surface area contributed by atoms with Crippen LogP contribution in [0, 0.1) is 5.92 Å². The second kappa shape index (κ2) is 5.77. The predicted octanol–water partition coefficient (Wildman–Crippen LogP) is 3.62. The van der Waals surface area contributed by atoms with Crippen LogP contribution in [-0.2, 0) is 6.42 Å². The van der Waals surface area contributed by atoms with E-state index in [4.69, 9.17) is 10.5 Å². The Labute approximate surface area is 133 Å². The van der Waals surface area contributed by atoms with Crippen molar-refractivity contribution in [3.63, 3.8) is 0 Å². The van der Waals surface area contributed by atoms with Gasteiger partial charge < -0.3 is 15.4 Å². The van der Waals surface area contributed by atoms with Crippen molar-refractivity contribution >= 4 is 5.69 Å². The Morgan fingerprint density at radius 2 is 1.86 bits per heavy atom. The molecule has 3 aliphatic rings. The van der Waals surface area contributed by atoms with E-state index in [1.54, 1.807) is 0 Å². The number of rotatable bonds is 5. The largest absolute Gasteiger partial charge is 0.490 e. The fourth-order valence-corrected chi connectivity index (χ4v) is 4.31. The van der Waals surface area contributed by atoms with E-state index >= 15 is 0 Å². The van der Waals surface area contributed by atoms with Gasteiger partial charge in [0, 0.05) is 17.8 Å². The van der Waals surface area contributed by atoms with Crippen molar-refractivity contribution in [1.29, 1.82) is 0 Å². The topological polar surface area (TPSA) is 38.5 Å². The maximum absolute atomic E-state index is 6.44. The average molecular weight is 300 g/mol. The molecule has 0 aromatic heterocycles. The molecule has 4 rings (SSSR count). The summed E-state index contributed by atoms with van der Waals surface area (Å²) >= 11 is 0. The van der Waals surface area contributed by atoms with Crippen molar-refractivity contribution in [3.8, 4) is 5.75 Å². The zero-order valence-corrected chi connectivity index (χ0v) is 13.6. The van der Waals surface area contributed by atoms with Crippen LogP contribution < -0.4 is 10.5 Å². The van der Waals surface area contributed by atoms with Gasteiger partial charge in [0.05, 0.1) is 0 Å². The number of nitrogens with zero attached hydrogens (tertiary/aromatic N) is 1. The van der Waals surface area contributed by atoms with Gasteiger partial charge in [-0.2, -0.15) is 0 Å². The second-order valence-electron chi connectivity index (χ2n) is 7.61. The quantitative estimate of drug-likeness (QED) is 0.844. The molecule has 3 nitrogen and oxygen atoms in total. The number of piperidine rings is 1. The summed E-state index contributed by atoms with van der Waals surface area (Å²) in [6.07, 6.45) is 10.7. The van der Waals surface area contributed by atoms with Gasteiger partial charge in [0.15, 0.2) is 0 Å². The van der Waals surface area contributed by atoms with Gasteiger partial charge in [0.1, 0.15) is 11.9 Å². The zero-order valence-electron chi connectivity index (χ0n) is 13.6. The van der Waals surface area contributed by atoms with E-state index in [1.807, 2.05) is 6.07 Å². The highest BCUT2D eigenvalue weighted by atomic mass is 16.5. The average Bonchev–Trinajstić information content (AvgIpc) is 3.29. The van der Waals surface area contributed by atoms with Crippen LogP contribution in [0.3, 0.4) is 0 Å². The minimum Gasteiger partial charge on any atom is -0.490 e. The van der Waals surface area contributed by atoms with E-state index in [1.165, 1.54) is 50.5 Å². The molecular weight excluding hydrogens is 272 g/mol. The molecule has 0 amide bonds. The second-order valence-corrected chi connectivity index (χ2v) is 7.61. The van der Waals surface area contributed by atoms with E-state index in [2.05, 4.69) is 24.1 Å². The van der Waals surface area contributed by atoms with Crippen molar-refractivity contribution in [1.82, 2.24) is 4.90 Å². The fraction of sp³-hybridized carbons (Fsp3) is 0.684. The van der Waals surface area contributed by atoms with Gasteiger partial charge in [-0.15, -0.1) is 0 Å². The van der Waals surface area contributed by atoms with Gasteiger partial charge in [-0.3, -0.25) is 0 Å². The molecule has 2 saturated heterocycles. The number of nitrogen functional groups attached to an aromatic ring is 1. The lowest BCUT2D eigenvalue weighted by Crippen LogP contribution is -2.43. The number of anilines is 1. The summed E-state index contributed by atoms with van der Waals surface area (Å²) in [7, 11) is 2.28. The van der Waals surface area contributed by atoms with Crippen molar-refractivity contribution in [2.75, 3.05) is 12.8 Å². The number of aryl methyl sites for hydroxylation is 1. The number of nitrogens with two attached hydrogens (primary N) is 1. The maximum atomic E-state index is 6.44. The SMILES string of the molecule is CN1[C@@H]2CC[C@H]1C[C@H](Oc1ccc(N)cc1CCC1CC1)C2. The summed E-state index contributed by atoms with van der Waals surface area (Å²) in [6, 6.07) is 7.67. The predicted molar refractivity (Wildman–Crippen MR) is 90.1 cm³/mol. The molecule has 1 aromatic rings. The number of fused-ring (bicyclic) bond motifs is 2. The van der Waals surface area contributed by atoms with Crippen LogP contribution in [0.2, 0.25) is 0 Å². The Balaban J connectivity index is 1.45. The third-order valence-electron chi connectivity index (χ3n) is 5.95. The summed E-state index contributed by atoms with van der Waals surface area (Å²) in [5.41, 5.74) is 8.17. The van der Waals surface area contributed by atoms with Crippen LogP contribution in [0.25, 0.3) is 0 Å². The molecule has 1 aromatic carbocycles. The molecule has 3 atom stereocenters. The standard InChI is InChI=1S/C19H28N2O/c1-21-16-7-8-17(21)12-18(11-16)22-19-9-6-15(20)10-14(19)5-4-13-2-3-13/h6,9-10,13,16-18H,2-5,7-8,11-12,20H2,1H3/t16-,17+,18-. The first-order valence-electron chi connectivity index (χ1n) is 8.96. The minimum absolute atomic E-state index is 0.386. The first kappa shape index (κ1) is 14.4. The number of ether oxygens (including phenoxy) is 1. The minimum atomic E-state index is 0.386. The summed E-state index contributed by atoms with van der Waals surface area (Å²) in [5, 5.41) is 0. The van der Waals surface area contributed by atoms with Gasteiger partial charge in [0.2, 0.25) is 0 Å². The molecule has 22 heavy (non-hydrogen) atoms. The lowest BCUT2D eigenvalue weighted by atomic mass is 10.00. The molecule has 2 bridgehead atoms. The Bertz CT molecular complexity index is 526. The third-order valence-corrected chi connectivity index (χ3v) is 5.95. The van der Waals surface area contributed by atoms with Crippen molar-refractivity contribution < 1.29 is 4.74 Å². The summed E-state index contributed by atoms with van der Waals surface area (Å²) in [4.78, 5) is 2.57. The van der Waals surface area contributed by atoms with Gasteiger partial charge in [-0.1, -0.05) is 12.8 Å². The van der Waals surface area contributed by atoms with Crippen LogP contribution in [-0.4, -0.2) is 30.1 Å². The molecular formula is C19H28N2O. The Morgan fingerprint density at radius 1 is 1.14 bits per heavy atom. The van der Waals surface area contributed by atoms with Gasteiger partial charge >= 0.3 is 0 Å². The maximum Gasteiger partial charge on any atom is 0.123 e. The molecule has 3 heteroatoms. The van der Waals surface area contributed by atoms with Crippen molar-refractivity contribution in [2.24, 2.45) is 5.92 Å². The smallest absolute Gasteiger partial charge is 0.123 e. The molecule has 120 valence electrons. The van der Waals surface area contributed by atoms with Gasteiger partial charge in [0.25, 0.3) is 0 Å². The van der Waals surface area contributed by atoms with E-state index in [-0.39, 0.29) is 0 Å². The monoisotopic (exact) mass is 300 g/mol. The number of hydrogen-bond donors (Lipinski definition) is 1. The van der Waals surface area contributed by atoms with Crippen LogP contribution >= 0.6 is 0 Å². The highest BCUT2D eigenvalue weighted by Gasteiger charge is 2.39. The molecule has 2 aliphatic heterocycles. The van der Waals surface area contributed by atoms with Crippen LogP contribution in [0.5, 0.6) is 5.75 Å². The Kier molecular flexibility index (Phi) is 3.77. The van der Waals surface area contributed by atoms with Crippen molar-refractivity contribution in [3.05, 3.63) is 23.8 Å². The fourth-order valence-electron chi connectivity index (χ4n) is 4.31. The van der Waals surface area contributed by atoms with Gasteiger partial charge in [-0.25, -0.2) is 0 Å². The van der Waals surface area contributed by atoms with Crippen LogP contribution in [0.15, 0.2) is 18.2 Å². The highest BCUT2D eigenvalue weighted by molar-refractivity contribution is 5.48. The highest BCUT2D eigenvalue weighted by Crippen LogP contribution is 2.38. The van der Waals surface area contributed by atoms with E-state index < -0.39 is 0 Å². The summed E-state index contributed by atoms with van der Waals surface area (Å²) < 4.78 is 6.44. The molecule has 3 fully saturated rings. The summed E-state index contributed by atoms with van der Waals surface area (Å²) in [5.74, 6) is 2.04. The number of hydrogen-bond acceptors (Lipinski definition) is 3. The third kappa shape index (κ3) is 2.96. The number of benzene rings is 1. The lowest BCUT2D eigenvalue weighted by Gasteiger charge is -2.36. The molecule has 0 radical (unpaired) electrons. The molecule has 1 aliphatic carbocycles. The Hall–Kier alpha value is -1.22. The van der Waals surface area contributed by atoms with Crippen LogP contribution in [0.4, 0.5) is 5.69 Å². The van der Waals surface area contributed by atoms with E-state index in [0.29, 0.717) is 6.10 Å². The molecule has 2 N–H and O–H groups in total.